The predicted molar refractivity (Wildman–Crippen MR) is 65.1 cm³/mol. The van der Waals surface area contributed by atoms with Crippen LogP contribution in [0.3, 0.4) is 0 Å². The topological polar surface area (TPSA) is 35.2 Å². The van der Waals surface area contributed by atoms with E-state index in [1.807, 2.05) is 0 Å². The second-order valence-electron chi connectivity index (χ2n) is 3.84. The van der Waals surface area contributed by atoms with E-state index in [0.29, 0.717) is 6.54 Å². The molecule has 0 unspecified atom stereocenters. The Morgan fingerprint density at radius 2 is 2.13 bits per heavy atom. The lowest BCUT2D eigenvalue weighted by Gasteiger charge is -2.08. The minimum atomic E-state index is 0.672. The van der Waals surface area contributed by atoms with Crippen LogP contribution in [0.15, 0.2) is 23.8 Å². The van der Waals surface area contributed by atoms with Crippen molar-refractivity contribution in [3.63, 3.8) is 0 Å². The van der Waals surface area contributed by atoms with Crippen molar-refractivity contribution < 1.29 is 4.74 Å². The van der Waals surface area contributed by atoms with E-state index in [-0.39, 0.29) is 0 Å². The number of nitrogens with two attached hydrogens (primary N) is 1. The number of hydrogen-bond acceptors (Lipinski definition) is 2. The van der Waals surface area contributed by atoms with Gasteiger partial charge in [0, 0.05) is 5.56 Å². The van der Waals surface area contributed by atoms with Crippen molar-refractivity contribution in [2.75, 3.05) is 13.7 Å². The largest absolute Gasteiger partial charge is 0.496 e. The van der Waals surface area contributed by atoms with Crippen LogP contribution in [-0.4, -0.2) is 13.7 Å². The zero-order chi connectivity index (χ0) is 11.3. The van der Waals surface area contributed by atoms with Gasteiger partial charge in [0.1, 0.15) is 5.75 Å². The molecule has 82 valence electrons. The molecular weight excluding hydrogens is 186 g/mol. The lowest BCUT2D eigenvalue weighted by atomic mass is 10.1. The number of benzene rings is 1. The molecule has 0 aromatic heterocycles. The molecule has 0 aliphatic heterocycles. The Morgan fingerprint density at radius 3 is 2.67 bits per heavy atom. The first kappa shape index (κ1) is 11.8. The summed E-state index contributed by atoms with van der Waals surface area (Å²) >= 11 is 0. The van der Waals surface area contributed by atoms with Crippen LogP contribution in [0.4, 0.5) is 0 Å². The van der Waals surface area contributed by atoms with E-state index in [1.54, 1.807) is 7.11 Å². The summed E-state index contributed by atoms with van der Waals surface area (Å²) in [5, 5.41) is 0. The summed E-state index contributed by atoms with van der Waals surface area (Å²) in [5.74, 6) is 0.919. The summed E-state index contributed by atoms with van der Waals surface area (Å²) in [6.45, 7) is 4.83. The Hall–Kier alpha value is -1.28. The Labute approximate surface area is 91.7 Å². The Bertz CT molecular complexity index is 352. The SMILES string of the molecule is COc1cc(CCN)ccc1C=C(C)C. The standard InChI is InChI=1S/C13H19NO/c1-10(2)8-12-5-4-11(6-7-14)9-13(12)15-3/h4-5,8-9H,6-7,14H2,1-3H3. The summed E-state index contributed by atoms with van der Waals surface area (Å²) in [6.07, 6.45) is 3.01. The third-order valence-electron chi connectivity index (χ3n) is 2.18. The van der Waals surface area contributed by atoms with Crippen LogP contribution in [-0.2, 0) is 6.42 Å². The molecule has 0 heterocycles. The van der Waals surface area contributed by atoms with E-state index in [0.717, 1.165) is 17.7 Å². The van der Waals surface area contributed by atoms with Crippen molar-refractivity contribution >= 4 is 6.08 Å². The number of methoxy groups -OCH3 is 1. The first-order valence-corrected chi connectivity index (χ1v) is 5.19. The molecule has 2 N–H and O–H groups in total. The van der Waals surface area contributed by atoms with Gasteiger partial charge >= 0.3 is 0 Å². The third-order valence-corrected chi connectivity index (χ3v) is 2.18. The normalized spacial score (nSPS) is 9.87. The molecule has 2 heteroatoms. The molecule has 1 aromatic carbocycles. The highest BCUT2D eigenvalue weighted by Gasteiger charge is 2.01. The predicted octanol–water partition coefficient (Wildman–Crippen LogP) is 2.62. The zero-order valence-corrected chi connectivity index (χ0v) is 9.71. The second-order valence-corrected chi connectivity index (χ2v) is 3.84. The average molecular weight is 205 g/mol. The third kappa shape index (κ3) is 3.40. The molecule has 0 saturated carbocycles. The zero-order valence-electron chi connectivity index (χ0n) is 9.71. The van der Waals surface area contributed by atoms with Crippen molar-refractivity contribution in [3.8, 4) is 5.75 Å². The van der Waals surface area contributed by atoms with Gasteiger partial charge in [-0.3, -0.25) is 0 Å². The fourth-order valence-corrected chi connectivity index (χ4v) is 1.51. The maximum absolute atomic E-state index is 5.52. The average Bonchev–Trinajstić information content (AvgIpc) is 2.20. The molecule has 0 saturated heterocycles. The summed E-state index contributed by atoms with van der Waals surface area (Å²) in [7, 11) is 1.70. The fourth-order valence-electron chi connectivity index (χ4n) is 1.51. The Balaban J connectivity index is 3.03. The quantitative estimate of drug-likeness (QED) is 0.820. The van der Waals surface area contributed by atoms with Gasteiger partial charge in [-0.05, 0) is 38.4 Å². The monoisotopic (exact) mass is 205 g/mol. The van der Waals surface area contributed by atoms with E-state index >= 15 is 0 Å². The van der Waals surface area contributed by atoms with Crippen molar-refractivity contribution in [1.29, 1.82) is 0 Å². The molecule has 0 bridgehead atoms. The van der Waals surface area contributed by atoms with E-state index in [9.17, 15) is 0 Å². The van der Waals surface area contributed by atoms with Crippen LogP contribution in [0.2, 0.25) is 0 Å². The van der Waals surface area contributed by atoms with E-state index < -0.39 is 0 Å². The molecule has 1 aromatic rings. The van der Waals surface area contributed by atoms with Crippen LogP contribution >= 0.6 is 0 Å². The number of allylic oxidation sites excluding steroid dienone is 1. The molecule has 1 rings (SSSR count). The van der Waals surface area contributed by atoms with Gasteiger partial charge in [0.2, 0.25) is 0 Å². The summed E-state index contributed by atoms with van der Waals surface area (Å²) in [6, 6.07) is 6.24. The first-order chi connectivity index (χ1) is 7.17. The molecule has 0 atom stereocenters. The van der Waals surface area contributed by atoms with Crippen LogP contribution in [0.5, 0.6) is 5.75 Å². The minimum Gasteiger partial charge on any atom is -0.496 e. The highest BCUT2D eigenvalue weighted by molar-refractivity contribution is 5.60. The lowest BCUT2D eigenvalue weighted by molar-refractivity contribution is 0.413. The van der Waals surface area contributed by atoms with Crippen molar-refractivity contribution in [3.05, 3.63) is 34.9 Å². The van der Waals surface area contributed by atoms with Gasteiger partial charge in [-0.25, -0.2) is 0 Å². The van der Waals surface area contributed by atoms with Crippen LogP contribution in [0.25, 0.3) is 6.08 Å². The summed E-state index contributed by atoms with van der Waals surface area (Å²) in [4.78, 5) is 0. The Morgan fingerprint density at radius 1 is 1.40 bits per heavy atom. The lowest BCUT2D eigenvalue weighted by Crippen LogP contribution is -2.03. The van der Waals surface area contributed by atoms with Gasteiger partial charge in [-0.2, -0.15) is 0 Å². The molecule has 15 heavy (non-hydrogen) atoms. The van der Waals surface area contributed by atoms with Crippen LogP contribution < -0.4 is 10.5 Å². The van der Waals surface area contributed by atoms with Gasteiger partial charge in [-0.1, -0.05) is 23.8 Å². The second kappa shape index (κ2) is 5.56. The van der Waals surface area contributed by atoms with Gasteiger partial charge in [0.25, 0.3) is 0 Å². The molecule has 2 nitrogen and oxygen atoms in total. The molecule has 0 spiro atoms. The number of hydrogen-bond donors (Lipinski definition) is 1. The van der Waals surface area contributed by atoms with Crippen molar-refractivity contribution in [2.24, 2.45) is 5.73 Å². The molecule has 0 aliphatic rings. The fraction of sp³-hybridized carbons (Fsp3) is 0.385. The highest BCUT2D eigenvalue weighted by atomic mass is 16.5. The maximum atomic E-state index is 5.52. The van der Waals surface area contributed by atoms with E-state index in [1.165, 1.54) is 11.1 Å². The maximum Gasteiger partial charge on any atom is 0.126 e. The summed E-state index contributed by atoms with van der Waals surface area (Å²) in [5.41, 5.74) is 9.13. The van der Waals surface area contributed by atoms with E-state index in [2.05, 4.69) is 38.1 Å². The van der Waals surface area contributed by atoms with Gasteiger partial charge < -0.3 is 10.5 Å². The summed E-state index contributed by atoms with van der Waals surface area (Å²) < 4.78 is 5.35. The van der Waals surface area contributed by atoms with Gasteiger partial charge in [0.15, 0.2) is 0 Å². The molecule has 0 amide bonds. The highest BCUT2D eigenvalue weighted by Crippen LogP contribution is 2.22. The molecule has 0 fully saturated rings. The van der Waals surface area contributed by atoms with Gasteiger partial charge in [0.05, 0.1) is 7.11 Å². The molecular formula is C13H19NO. The van der Waals surface area contributed by atoms with Crippen molar-refractivity contribution in [2.45, 2.75) is 20.3 Å². The number of ether oxygens (including phenoxy) is 1. The minimum absolute atomic E-state index is 0.672. The van der Waals surface area contributed by atoms with E-state index in [4.69, 9.17) is 10.5 Å². The first-order valence-electron chi connectivity index (χ1n) is 5.19. The molecule has 0 radical (unpaired) electrons. The molecule has 0 aliphatic carbocycles. The smallest absolute Gasteiger partial charge is 0.126 e. The van der Waals surface area contributed by atoms with Gasteiger partial charge in [-0.15, -0.1) is 0 Å². The Kier molecular flexibility index (Phi) is 4.37. The van der Waals surface area contributed by atoms with Crippen LogP contribution in [0, 0.1) is 0 Å². The van der Waals surface area contributed by atoms with Crippen LogP contribution in [0.1, 0.15) is 25.0 Å². The van der Waals surface area contributed by atoms with Crippen molar-refractivity contribution in [1.82, 2.24) is 0 Å². The number of rotatable bonds is 4.